The van der Waals surface area contributed by atoms with Crippen molar-refractivity contribution in [3.63, 3.8) is 0 Å². The number of aromatic nitrogens is 5. The maximum absolute atomic E-state index is 12.9. The number of imidazole rings is 1. The van der Waals surface area contributed by atoms with Gasteiger partial charge in [-0.3, -0.25) is 9.59 Å². The minimum atomic E-state index is -2.24. The molecule has 2 aromatic carbocycles. The Morgan fingerprint density at radius 3 is 2.40 bits per heavy atom. The Kier molecular flexibility index (Phi) is 11.9. The molecule has 1 aliphatic rings. The summed E-state index contributed by atoms with van der Waals surface area (Å²) in [6.45, 7) is 1.81. The van der Waals surface area contributed by atoms with E-state index in [-0.39, 0.29) is 30.2 Å². The lowest BCUT2D eigenvalue weighted by Gasteiger charge is -2.47. The molecule has 0 saturated carbocycles. The molecule has 0 bridgehead atoms. The summed E-state index contributed by atoms with van der Waals surface area (Å²) in [7, 11) is 0. The van der Waals surface area contributed by atoms with Crippen molar-refractivity contribution in [2.75, 3.05) is 6.54 Å². The fourth-order valence-corrected chi connectivity index (χ4v) is 6.29. The molecule has 2 aromatic heterocycles. The monoisotopic (exact) mass is 736 g/mol. The predicted molar refractivity (Wildman–Crippen MR) is 183 cm³/mol. The number of nitrogens with one attached hydrogen (secondary N) is 2. The van der Waals surface area contributed by atoms with Crippen LogP contribution in [0.4, 0.5) is 5.82 Å². The second-order valence-electron chi connectivity index (χ2n) is 12.9. The molecule has 19 heteroatoms. The van der Waals surface area contributed by atoms with Crippen LogP contribution in [0.5, 0.6) is 0 Å². The quantitative estimate of drug-likeness (QED) is 0.0604. The molecule has 2 amide bonds. The smallest absolute Gasteiger partial charge is 0.342 e. The number of carbonyl (C=O) groups is 3. The maximum atomic E-state index is 12.9. The van der Waals surface area contributed by atoms with E-state index in [1.807, 2.05) is 30.3 Å². The van der Waals surface area contributed by atoms with Crippen molar-refractivity contribution in [3.8, 4) is 11.1 Å². The first-order valence-electron chi connectivity index (χ1n) is 16.6. The fraction of sp³-hybridized carbons (Fsp3) is 0.412. The molecule has 282 valence electrons. The summed E-state index contributed by atoms with van der Waals surface area (Å²) < 4.78 is 8.38. The average molecular weight is 737 g/mol. The first-order valence-corrected chi connectivity index (χ1v) is 16.6. The molecule has 7 N–H and O–H groups in total. The van der Waals surface area contributed by atoms with Crippen LogP contribution in [0.3, 0.4) is 0 Å². The highest BCUT2D eigenvalue weighted by molar-refractivity contribution is 5.94. The lowest BCUT2D eigenvalue weighted by Crippen LogP contribution is -2.68. The van der Waals surface area contributed by atoms with Crippen molar-refractivity contribution in [1.29, 1.82) is 0 Å². The van der Waals surface area contributed by atoms with E-state index in [4.69, 9.17) is 4.74 Å². The van der Waals surface area contributed by atoms with E-state index >= 15 is 0 Å². The van der Waals surface area contributed by atoms with Gasteiger partial charge in [-0.05, 0) is 28.2 Å². The molecule has 53 heavy (non-hydrogen) atoms. The Labute approximate surface area is 302 Å². The van der Waals surface area contributed by atoms with Gasteiger partial charge in [0.2, 0.25) is 5.91 Å². The Bertz CT molecular complexity index is 1920. The van der Waals surface area contributed by atoms with Crippen LogP contribution in [0.15, 0.2) is 67.0 Å². The summed E-state index contributed by atoms with van der Waals surface area (Å²) in [4.78, 5) is 52.3. The number of carboxylic acid groups (broad SMARTS) is 1. The van der Waals surface area contributed by atoms with Crippen molar-refractivity contribution in [3.05, 3.63) is 94.2 Å². The van der Waals surface area contributed by atoms with E-state index in [2.05, 4.69) is 25.9 Å². The number of rotatable bonds is 15. The molecule has 1 fully saturated rings. The Morgan fingerprint density at radius 2 is 1.75 bits per heavy atom. The van der Waals surface area contributed by atoms with E-state index in [0.29, 0.717) is 5.82 Å². The van der Waals surface area contributed by atoms with Crippen LogP contribution < -0.4 is 10.6 Å². The number of hydrogen-bond donors (Lipinski definition) is 7. The fourth-order valence-electron chi connectivity index (χ4n) is 6.29. The lowest BCUT2D eigenvalue weighted by molar-refractivity contribution is -0.392. The van der Waals surface area contributed by atoms with E-state index in [1.165, 1.54) is 15.4 Å². The number of amides is 2. The van der Waals surface area contributed by atoms with Gasteiger partial charge in [-0.25, -0.2) is 19.0 Å². The number of ether oxygens (including phenoxy) is 1. The normalized spacial score (nSPS) is 21.7. The van der Waals surface area contributed by atoms with Gasteiger partial charge in [0, 0.05) is 45.0 Å². The number of carbonyl (C=O) groups excluding carboxylic acids is 2. The Morgan fingerprint density at radius 1 is 1.08 bits per heavy atom. The number of aliphatic hydroxyl groups is 4. The molecule has 0 radical (unpaired) electrons. The van der Waals surface area contributed by atoms with Crippen LogP contribution in [-0.2, 0) is 33.8 Å². The van der Waals surface area contributed by atoms with Gasteiger partial charge in [0.15, 0.2) is 11.4 Å². The topological polar surface area (TPSA) is 277 Å². The zero-order chi connectivity index (χ0) is 38.4. The number of carboxylic acids is 1. The number of aliphatic hydroxyl groups excluding tert-OH is 4. The number of aliphatic carboxylic acids is 1. The van der Waals surface area contributed by atoms with Gasteiger partial charge in [-0.1, -0.05) is 47.7 Å². The highest BCUT2D eigenvalue weighted by Gasteiger charge is 2.55. The van der Waals surface area contributed by atoms with Gasteiger partial charge in [-0.2, -0.15) is 0 Å². The van der Waals surface area contributed by atoms with Crippen LogP contribution in [-0.4, -0.2) is 121 Å². The molecule has 1 saturated heterocycles. The lowest BCUT2D eigenvalue weighted by atomic mass is 9.81. The van der Waals surface area contributed by atoms with Gasteiger partial charge in [0.05, 0.1) is 30.5 Å². The molecule has 19 nitrogen and oxygen atoms in total. The minimum Gasteiger partial charge on any atom is -0.479 e. The van der Waals surface area contributed by atoms with Gasteiger partial charge < -0.3 is 51.0 Å². The Hall–Kier alpha value is -5.60. The molecular weight excluding hydrogens is 696 g/mol. The first kappa shape index (κ1) is 38.6. The first-order chi connectivity index (χ1) is 25.2. The zero-order valence-corrected chi connectivity index (χ0v) is 28.7. The average Bonchev–Trinajstić information content (AvgIpc) is 3.72. The number of nitro groups is 1. The SMILES string of the molecule is CC(=O)N[C@H]1[C@H]([C@@H](O)[C@@H](O)CNC(=O)c2ccc(-c3ccccc3)cc2)O[C@@](Cc2cn(C[C@H](O)Cn3c([N+](=O)[O-])cnc3C)nn2)(C(=O)O)C[C@@H]1O. The second-order valence-corrected chi connectivity index (χ2v) is 12.9. The number of benzene rings is 2. The Balaban J connectivity index is 1.27. The molecule has 4 aromatic rings. The van der Waals surface area contributed by atoms with Crippen LogP contribution in [0, 0.1) is 17.0 Å². The summed E-state index contributed by atoms with van der Waals surface area (Å²) in [6.07, 6.45) is -6.78. The number of nitrogens with zero attached hydrogens (tertiary/aromatic N) is 6. The third kappa shape index (κ3) is 9.07. The maximum Gasteiger partial charge on any atom is 0.342 e. The molecule has 0 unspecified atom stereocenters. The summed E-state index contributed by atoms with van der Waals surface area (Å²) >= 11 is 0. The summed E-state index contributed by atoms with van der Waals surface area (Å²) in [5.41, 5.74) is -0.0821. The van der Waals surface area contributed by atoms with Crippen LogP contribution in [0.1, 0.15) is 35.2 Å². The van der Waals surface area contributed by atoms with E-state index in [0.717, 1.165) is 24.2 Å². The van der Waals surface area contributed by atoms with Crippen molar-refractivity contribution in [2.45, 2.75) is 81.9 Å². The van der Waals surface area contributed by atoms with Crippen molar-refractivity contribution >= 4 is 23.6 Å². The van der Waals surface area contributed by atoms with Crippen molar-refractivity contribution in [2.24, 2.45) is 0 Å². The van der Waals surface area contributed by atoms with Gasteiger partial charge in [0.25, 0.3) is 5.91 Å². The summed E-state index contributed by atoms with van der Waals surface area (Å²) in [5, 5.41) is 78.5. The highest BCUT2D eigenvalue weighted by Crippen LogP contribution is 2.35. The van der Waals surface area contributed by atoms with Gasteiger partial charge in [0.1, 0.15) is 31.1 Å². The van der Waals surface area contributed by atoms with E-state index in [9.17, 15) is 50.0 Å². The standard InChI is InChI=1S/C34H40N8O11/c1-19-35-15-28(42(51)52)41(19)18-25(44)17-40-16-24(38-39-40)12-34(33(49)50)13-26(45)29(37-20(2)43)31(53-34)30(47)27(46)14-36-32(48)23-10-8-22(9-11-23)21-6-4-3-5-7-21/h3-11,15-16,25-27,29-31,44-47H,12-14,17-18H2,1-2H3,(H,36,48)(H,37,43)(H,49,50)/t25-,26-,27-,29+,30-,31+,34+/m0/s1. The second kappa shape index (κ2) is 16.4. The summed E-state index contributed by atoms with van der Waals surface area (Å²) in [5.74, 6) is -2.74. The predicted octanol–water partition coefficient (Wildman–Crippen LogP) is -0.408. The van der Waals surface area contributed by atoms with Crippen molar-refractivity contribution < 1.29 is 49.6 Å². The molecule has 7 atom stereocenters. The van der Waals surface area contributed by atoms with Crippen molar-refractivity contribution in [1.82, 2.24) is 35.2 Å². The summed E-state index contributed by atoms with van der Waals surface area (Å²) in [6, 6.07) is 14.9. The van der Waals surface area contributed by atoms with Crippen LogP contribution in [0.25, 0.3) is 11.1 Å². The number of aryl methyl sites for hydroxylation is 1. The van der Waals surface area contributed by atoms with Crippen LogP contribution in [0.2, 0.25) is 0 Å². The molecular formula is C34H40N8O11. The minimum absolute atomic E-state index is 0.0499. The zero-order valence-electron chi connectivity index (χ0n) is 28.7. The third-order valence-electron chi connectivity index (χ3n) is 8.95. The molecule has 0 spiro atoms. The van der Waals surface area contributed by atoms with Crippen LogP contribution >= 0.6 is 0 Å². The molecule has 1 aliphatic heterocycles. The third-order valence-corrected chi connectivity index (χ3v) is 8.95. The number of hydrogen-bond acceptors (Lipinski definition) is 13. The van der Waals surface area contributed by atoms with E-state index in [1.54, 1.807) is 31.2 Å². The highest BCUT2D eigenvalue weighted by atomic mass is 16.6. The molecule has 0 aliphatic carbocycles. The van der Waals surface area contributed by atoms with E-state index < -0.39 is 84.3 Å². The molecule has 3 heterocycles. The van der Waals surface area contributed by atoms with Gasteiger partial charge in [-0.15, -0.1) is 5.10 Å². The molecule has 5 rings (SSSR count). The van der Waals surface area contributed by atoms with Gasteiger partial charge >= 0.3 is 11.8 Å². The largest absolute Gasteiger partial charge is 0.479 e.